The second-order valence-corrected chi connectivity index (χ2v) is 9.19. The predicted molar refractivity (Wildman–Crippen MR) is 122 cm³/mol. The molecule has 2 amide bonds. The molecule has 2 aromatic heterocycles. The third-order valence-electron chi connectivity index (χ3n) is 5.26. The Labute approximate surface area is 189 Å². The van der Waals surface area contributed by atoms with E-state index in [1.165, 1.54) is 4.90 Å². The maximum atomic E-state index is 12.8. The van der Waals surface area contributed by atoms with E-state index < -0.39 is 16.2 Å². The molecule has 2 unspecified atom stereocenters. The monoisotopic (exact) mass is 451 g/mol. The van der Waals surface area contributed by atoms with Gasteiger partial charge in [0.25, 0.3) is 5.91 Å². The zero-order valence-electron chi connectivity index (χ0n) is 17.8. The summed E-state index contributed by atoms with van der Waals surface area (Å²) in [5.41, 5.74) is 2.09. The van der Waals surface area contributed by atoms with Crippen LogP contribution in [0, 0.1) is 6.92 Å². The van der Waals surface area contributed by atoms with Crippen LogP contribution in [0.25, 0.3) is 0 Å². The topological polar surface area (TPSA) is 97.2 Å². The summed E-state index contributed by atoms with van der Waals surface area (Å²) in [6.45, 7) is 3.28. The van der Waals surface area contributed by atoms with Crippen molar-refractivity contribution in [1.82, 2.24) is 20.1 Å². The number of pyridine rings is 1. The number of unbranched alkanes of at least 4 members (excludes halogenated alkanes) is 1. The highest BCUT2D eigenvalue weighted by Gasteiger charge is 2.40. The van der Waals surface area contributed by atoms with Crippen LogP contribution in [0.4, 0.5) is 5.82 Å². The highest BCUT2D eigenvalue weighted by atomic mass is 32.2. The van der Waals surface area contributed by atoms with Crippen LogP contribution in [0.5, 0.6) is 0 Å². The van der Waals surface area contributed by atoms with Gasteiger partial charge in [-0.25, -0.2) is 4.98 Å². The minimum Gasteiger partial charge on any atom is -0.352 e. The average molecular weight is 452 g/mol. The largest absolute Gasteiger partial charge is 0.352 e. The third kappa shape index (κ3) is 4.94. The minimum atomic E-state index is -1.43. The number of aryl methyl sites for hydroxylation is 2. The first kappa shape index (κ1) is 21.9. The van der Waals surface area contributed by atoms with Gasteiger partial charge in [-0.05, 0) is 61.2 Å². The number of rotatable bonds is 8. The number of hydrogen-bond donors (Lipinski definition) is 1. The number of anilines is 1. The number of carbonyl (C=O) groups is 2. The van der Waals surface area contributed by atoms with Crippen LogP contribution in [0.1, 0.15) is 39.7 Å². The van der Waals surface area contributed by atoms with Crippen molar-refractivity contribution in [2.24, 2.45) is 0 Å². The Balaban J connectivity index is 1.43. The van der Waals surface area contributed by atoms with Crippen LogP contribution in [-0.4, -0.2) is 43.1 Å². The van der Waals surface area contributed by atoms with Crippen LogP contribution in [0.15, 0.2) is 61.1 Å². The molecule has 3 heterocycles. The summed E-state index contributed by atoms with van der Waals surface area (Å²) in [6.07, 6.45) is 7.03. The van der Waals surface area contributed by atoms with E-state index >= 15 is 0 Å². The number of amides is 2. The molecule has 9 heteroatoms. The van der Waals surface area contributed by atoms with E-state index in [2.05, 4.69) is 15.4 Å². The molecule has 1 fully saturated rings. The van der Waals surface area contributed by atoms with E-state index in [0.717, 1.165) is 24.9 Å². The molecule has 1 saturated heterocycles. The second kappa shape index (κ2) is 9.86. The fourth-order valence-corrected chi connectivity index (χ4v) is 5.14. The minimum absolute atomic E-state index is 0.0625. The number of nitrogens with one attached hydrogen (secondary N) is 1. The Morgan fingerprint density at radius 2 is 2.06 bits per heavy atom. The smallest absolute Gasteiger partial charge is 0.251 e. The lowest BCUT2D eigenvalue weighted by molar-refractivity contribution is -0.115. The van der Waals surface area contributed by atoms with E-state index in [1.807, 2.05) is 29.9 Å². The molecule has 4 rings (SSSR count). The molecule has 1 aliphatic rings. The highest BCUT2D eigenvalue weighted by Crippen LogP contribution is 2.34. The summed E-state index contributed by atoms with van der Waals surface area (Å²) in [7, 11) is -1.43. The first-order valence-corrected chi connectivity index (χ1v) is 11.9. The molecule has 0 spiro atoms. The summed E-state index contributed by atoms with van der Waals surface area (Å²) >= 11 is 0. The van der Waals surface area contributed by atoms with Crippen molar-refractivity contribution in [3.63, 3.8) is 0 Å². The molecule has 1 N–H and O–H groups in total. The maximum Gasteiger partial charge on any atom is 0.251 e. The fourth-order valence-electron chi connectivity index (χ4n) is 3.69. The van der Waals surface area contributed by atoms with Crippen molar-refractivity contribution in [2.45, 2.75) is 31.7 Å². The Morgan fingerprint density at radius 1 is 1.19 bits per heavy atom. The molecule has 1 aliphatic heterocycles. The van der Waals surface area contributed by atoms with Gasteiger partial charge in [-0.2, -0.15) is 5.10 Å². The first-order chi connectivity index (χ1) is 15.5. The molecule has 3 aromatic rings. The zero-order chi connectivity index (χ0) is 22.5. The van der Waals surface area contributed by atoms with Gasteiger partial charge < -0.3 is 5.32 Å². The lowest BCUT2D eigenvalue weighted by Crippen LogP contribution is -2.30. The quantitative estimate of drug-likeness (QED) is 0.531. The Hall–Kier alpha value is -3.33. The van der Waals surface area contributed by atoms with Gasteiger partial charge in [0.2, 0.25) is 5.91 Å². The summed E-state index contributed by atoms with van der Waals surface area (Å²) in [4.78, 5) is 31.0. The zero-order valence-corrected chi connectivity index (χ0v) is 18.6. The van der Waals surface area contributed by atoms with Gasteiger partial charge in [0.1, 0.15) is 16.9 Å². The number of benzene rings is 1. The Kier molecular flexibility index (Phi) is 6.75. The van der Waals surface area contributed by atoms with Crippen LogP contribution >= 0.6 is 0 Å². The van der Waals surface area contributed by atoms with Gasteiger partial charge >= 0.3 is 0 Å². The summed E-state index contributed by atoms with van der Waals surface area (Å²) in [5.74, 6) is -0.0231. The van der Waals surface area contributed by atoms with Crippen LogP contribution in [0.2, 0.25) is 0 Å². The number of carbonyl (C=O) groups excluding carboxylic acids is 2. The first-order valence-electron chi connectivity index (χ1n) is 10.5. The van der Waals surface area contributed by atoms with Gasteiger partial charge in [-0.3, -0.25) is 23.4 Å². The Morgan fingerprint density at radius 3 is 2.84 bits per heavy atom. The van der Waals surface area contributed by atoms with E-state index in [1.54, 1.807) is 42.7 Å². The predicted octanol–water partition coefficient (Wildman–Crippen LogP) is 2.59. The molecular weight excluding hydrogens is 426 g/mol. The van der Waals surface area contributed by atoms with Crippen LogP contribution in [-0.2, 0) is 22.1 Å². The standard InChI is InChI=1S/C23H25N5O3S/c1-17-8-11-24-20(14-17)28-21(29)16-32(31)23(28)19-7-4-6-18(15-19)22(30)25-9-2-3-12-27-13-5-10-26-27/h4-8,10-11,13-15,23H,2-3,9,12,16H2,1H3,(H,25,30). The summed E-state index contributed by atoms with van der Waals surface area (Å²) < 4.78 is 14.7. The van der Waals surface area contributed by atoms with E-state index in [9.17, 15) is 13.8 Å². The second-order valence-electron chi connectivity index (χ2n) is 7.69. The van der Waals surface area contributed by atoms with Gasteiger partial charge in [0.15, 0.2) is 0 Å². The molecule has 0 bridgehead atoms. The molecule has 1 aromatic carbocycles. The molecule has 0 saturated carbocycles. The maximum absolute atomic E-state index is 12.8. The Bertz CT molecular complexity index is 1130. The molecule has 2 atom stereocenters. The molecule has 166 valence electrons. The molecule has 0 radical (unpaired) electrons. The normalized spacial score (nSPS) is 18.2. The molecule has 8 nitrogen and oxygen atoms in total. The SMILES string of the molecule is Cc1ccnc(N2C(=O)CS(=O)C2c2cccc(C(=O)NCCCCn3cccn3)c2)c1. The average Bonchev–Trinajstić information content (AvgIpc) is 3.40. The summed E-state index contributed by atoms with van der Waals surface area (Å²) in [6, 6.07) is 12.5. The highest BCUT2D eigenvalue weighted by molar-refractivity contribution is 7.86. The van der Waals surface area contributed by atoms with Crippen molar-refractivity contribution in [2.75, 3.05) is 17.2 Å². The number of hydrogen-bond acceptors (Lipinski definition) is 5. The lowest BCUT2D eigenvalue weighted by Gasteiger charge is -2.23. The number of nitrogens with zero attached hydrogens (tertiary/aromatic N) is 4. The van der Waals surface area contributed by atoms with Crippen LogP contribution < -0.4 is 10.2 Å². The molecule has 0 aliphatic carbocycles. The number of aromatic nitrogens is 3. The van der Waals surface area contributed by atoms with Gasteiger partial charge in [0, 0.05) is 37.2 Å². The molecular formula is C23H25N5O3S. The fraction of sp³-hybridized carbons (Fsp3) is 0.304. The van der Waals surface area contributed by atoms with E-state index in [4.69, 9.17) is 0 Å². The van der Waals surface area contributed by atoms with E-state index in [0.29, 0.717) is 23.5 Å². The van der Waals surface area contributed by atoms with E-state index in [-0.39, 0.29) is 17.6 Å². The van der Waals surface area contributed by atoms with Crippen LogP contribution in [0.3, 0.4) is 0 Å². The van der Waals surface area contributed by atoms with Gasteiger partial charge in [-0.15, -0.1) is 0 Å². The van der Waals surface area contributed by atoms with Crippen molar-refractivity contribution in [1.29, 1.82) is 0 Å². The van der Waals surface area contributed by atoms with Crippen molar-refractivity contribution in [3.05, 3.63) is 77.7 Å². The van der Waals surface area contributed by atoms with Gasteiger partial charge in [-0.1, -0.05) is 12.1 Å². The molecule has 32 heavy (non-hydrogen) atoms. The van der Waals surface area contributed by atoms with Crippen molar-refractivity contribution >= 4 is 28.4 Å². The van der Waals surface area contributed by atoms with Crippen molar-refractivity contribution < 1.29 is 13.8 Å². The lowest BCUT2D eigenvalue weighted by atomic mass is 10.1. The third-order valence-corrected chi connectivity index (χ3v) is 6.77. The van der Waals surface area contributed by atoms with Gasteiger partial charge in [0.05, 0.1) is 10.8 Å². The summed E-state index contributed by atoms with van der Waals surface area (Å²) in [5, 5.41) is 6.42. The van der Waals surface area contributed by atoms with Crippen molar-refractivity contribution in [3.8, 4) is 0 Å².